The minimum Gasteiger partial charge on any atom is -0.480 e. The van der Waals surface area contributed by atoms with Crippen molar-refractivity contribution >= 4 is 17.5 Å². The highest BCUT2D eigenvalue weighted by atomic mass is 16.4. The van der Waals surface area contributed by atoms with Crippen LogP contribution in [-0.4, -0.2) is 91.3 Å². The first-order valence-electron chi connectivity index (χ1n) is 7.41. The Balaban J connectivity index is 4.27. The highest BCUT2D eigenvalue weighted by Crippen LogP contribution is 1.93. The second kappa shape index (κ2) is 12.2. The first kappa shape index (κ1) is 20.6. The van der Waals surface area contributed by atoms with Crippen molar-refractivity contribution in [3.8, 4) is 0 Å². The third-order valence-electron chi connectivity index (χ3n) is 2.96. The molecule has 0 fully saturated rings. The lowest BCUT2D eigenvalue weighted by molar-refractivity contribution is -0.138. The van der Waals surface area contributed by atoms with E-state index in [0.717, 1.165) is 0 Å². The van der Waals surface area contributed by atoms with Gasteiger partial charge in [-0.2, -0.15) is 0 Å². The summed E-state index contributed by atoms with van der Waals surface area (Å²) >= 11 is 0. The Morgan fingerprint density at radius 3 is 2.00 bits per heavy atom. The van der Waals surface area contributed by atoms with Crippen molar-refractivity contribution in [1.29, 1.82) is 0 Å². The maximum Gasteiger partial charge on any atom is 0.317 e. The van der Waals surface area contributed by atoms with E-state index in [9.17, 15) is 14.4 Å². The number of nitrogens with two attached hydrogens (primary N) is 1. The molecule has 0 radical (unpaired) electrons. The molecular formula is C14H28N4O4. The van der Waals surface area contributed by atoms with Gasteiger partial charge in [-0.15, -0.1) is 0 Å². The topological polar surface area (TPSA) is 116 Å². The van der Waals surface area contributed by atoms with E-state index in [1.54, 1.807) is 4.90 Å². The maximum absolute atomic E-state index is 11.3. The van der Waals surface area contributed by atoms with E-state index in [0.29, 0.717) is 52.4 Å². The van der Waals surface area contributed by atoms with Crippen molar-refractivity contribution < 1.29 is 19.5 Å². The Morgan fingerprint density at radius 1 is 0.955 bits per heavy atom. The van der Waals surface area contributed by atoms with Gasteiger partial charge in [0.15, 0.2) is 0 Å². The van der Waals surface area contributed by atoms with Crippen LogP contribution in [0.2, 0.25) is 0 Å². The summed E-state index contributed by atoms with van der Waals surface area (Å²) in [5.41, 5.74) is 5.47. The highest BCUT2D eigenvalue weighted by molar-refractivity contribution is 5.78. The number of hydrogen-bond donors (Lipinski definition) is 3. The molecule has 0 rings (SSSR count). The van der Waals surface area contributed by atoms with Gasteiger partial charge in [-0.3, -0.25) is 24.2 Å². The van der Waals surface area contributed by atoms with Gasteiger partial charge < -0.3 is 16.2 Å². The predicted molar refractivity (Wildman–Crippen MR) is 83.8 cm³/mol. The lowest BCUT2D eigenvalue weighted by atomic mass is 10.3. The van der Waals surface area contributed by atoms with Gasteiger partial charge in [0.25, 0.3) is 0 Å². The third-order valence-corrected chi connectivity index (χ3v) is 2.96. The van der Waals surface area contributed by atoms with Gasteiger partial charge >= 0.3 is 5.97 Å². The minimum absolute atomic E-state index is 0.0511. The molecule has 8 nitrogen and oxygen atoms in total. The molecule has 0 aliphatic rings. The van der Waals surface area contributed by atoms with Gasteiger partial charge in [-0.25, -0.2) is 0 Å². The zero-order valence-corrected chi connectivity index (χ0v) is 13.5. The lowest BCUT2D eigenvalue weighted by Gasteiger charge is -2.26. The molecule has 0 aliphatic heterocycles. The number of nitrogens with one attached hydrogen (secondary N) is 1. The summed E-state index contributed by atoms with van der Waals surface area (Å²) in [5, 5.41) is 11.9. The molecule has 0 saturated carbocycles. The Hall–Kier alpha value is -1.35. The molecule has 0 atom stereocenters. The van der Waals surface area contributed by atoms with Gasteiger partial charge in [0, 0.05) is 39.3 Å². The van der Waals surface area contributed by atoms with Crippen molar-refractivity contribution in [1.82, 2.24) is 15.1 Å². The molecule has 22 heavy (non-hydrogen) atoms. The monoisotopic (exact) mass is 316 g/mol. The quantitative estimate of drug-likeness (QED) is 0.328. The van der Waals surface area contributed by atoms with Gasteiger partial charge in [-0.1, -0.05) is 0 Å². The molecule has 0 heterocycles. The number of carbonyl (C=O) groups excluding carboxylic acids is 2. The summed E-state index contributed by atoms with van der Waals surface area (Å²) in [4.78, 5) is 36.6. The summed E-state index contributed by atoms with van der Waals surface area (Å²) in [5.74, 6) is -0.779. The van der Waals surface area contributed by atoms with Crippen LogP contribution in [0.25, 0.3) is 0 Å². The fourth-order valence-corrected chi connectivity index (χ4v) is 2.01. The van der Waals surface area contributed by atoms with Gasteiger partial charge in [0.1, 0.15) is 11.6 Å². The number of carbonyl (C=O) groups is 3. The Labute approximate surface area is 131 Å². The number of hydrogen-bond acceptors (Lipinski definition) is 7. The third kappa shape index (κ3) is 12.4. The number of aliphatic carboxylic acids is 1. The van der Waals surface area contributed by atoms with Crippen LogP contribution < -0.4 is 11.1 Å². The van der Waals surface area contributed by atoms with E-state index in [-0.39, 0.29) is 18.1 Å². The van der Waals surface area contributed by atoms with Crippen LogP contribution in [0.4, 0.5) is 0 Å². The van der Waals surface area contributed by atoms with E-state index < -0.39 is 5.97 Å². The Bertz CT molecular complexity index is 363. The maximum atomic E-state index is 11.3. The van der Waals surface area contributed by atoms with Crippen molar-refractivity contribution in [2.45, 2.75) is 13.8 Å². The van der Waals surface area contributed by atoms with E-state index in [2.05, 4.69) is 5.32 Å². The molecule has 0 unspecified atom stereocenters. The molecule has 0 aromatic heterocycles. The average Bonchev–Trinajstić information content (AvgIpc) is 2.39. The van der Waals surface area contributed by atoms with Crippen LogP contribution in [0, 0.1) is 0 Å². The molecule has 0 aliphatic carbocycles. The van der Waals surface area contributed by atoms with Crippen LogP contribution in [-0.2, 0) is 14.4 Å². The van der Waals surface area contributed by atoms with Crippen molar-refractivity contribution in [2.75, 3.05) is 58.9 Å². The predicted octanol–water partition coefficient (Wildman–Crippen LogP) is -1.60. The van der Waals surface area contributed by atoms with E-state index >= 15 is 0 Å². The zero-order valence-electron chi connectivity index (χ0n) is 13.5. The molecule has 0 saturated heterocycles. The van der Waals surface area contributed by atoms with Crippen molar-refractivity contribution in [3.63, 3.8) is 0 Å². The highest BCUT2D eigenvalue weighted by Gasteiger charge is 2.12. The Kier molecular flexibility index (Phi) is 11.5. The fraction of sp³-hybridized carbons (Fsp3) is 0.786. The number of ketones is 2. The molecule has 0 bridgehead atoms. The fourth-order valence-electron chi connectivity index (χ4n) is 2.01. The summed E-state index contributed by atoms with van der Waals surface area (Å²) in [6.45, 7) is 6.81. The molecule has 4 N–H and O–H groups in total. The number of rotatable bonds is 14. The lowest BCUT2D eigenvalue weighted by Crippen LogP contribution is -2.43. The smallest absolute Gasteiger partial charge is 0.317 e. The molecule has 128 valence electrons. The molecular weight excluding hydrogens is 288 g/mol. The molecule has 0 amide bonds. The van der Waals surface area contributed by atoms with E-state index in [1.165, 1.54) is 13.8 Å². The van der Waals surface area contributed by atoms with Gasteiger partial charge in [0.05, 0.1) is 19.6 Å². The van der Waals surface area contributed by atoms with Crippen molar-refractivity contribution in [3.05, 3.63) is 0 Å². The Morgan fingerprint density at radius 2 is 1.55 bits per heavy atom. The summed E-state index contributed by atoms with van der Waals surface area (Å²) in [6.07, 6.45) is 0. The number of carboxylic acids is 1. The molecule has 0 aromatic carbocycles. The van der Waals surface area contributed by atoms with E-state index in [4.69, 9.17) is 10.8 Å². The molecule has 0 aromatic rings. The second-order valence-corrected chi connectivity index (χ2v) is 5.32. The normalized spacial score (nSPS) is 11.1. The number of Topliss-reactive ketones (excluding diaryl/α,β-unsaturated/α-hetero) is 2. The van der Waals surface area contributed by atoms with Crippen LogP contribution in [0.5, 0.6) is 0 Å². The average molecular weight is 316 g/mol. The number of carboxylic acid groups (broad SMARTS) is 1. The zero-order chi connectivity index (χ0) is 17.0. The standard InChI is InChI=1S/C14H28N4O4/c1-12(19)9-16-4-6-18(10-13(2)20)8-7-17(5-3-15)11-14(21)22/h16H,3-11,15H2,1-2H3,(H,21,22). The summed E-state index contributed by atoms with van der Waals surface area (Å²) in [6, 6.07) is 0. The van der Waals surface area contributed by atoms with Gasteiger partial charge in [-0.05, 0) is 13.8 Å². The largest absolute Gasteiger partial charge is 0.480 e. The second-order valence-electron chi connectivity index (χ2n) is 5.32. The minimum atomic E-state index is -0.894. The first-order valence-corrected chi connectivity index (χ1v) is 7.41. The van der Waals surface area contributed by atoms with Crippen LogP contribution >= 0.6 is 0 Å². The summed E-state index contributed by atoms with van der Waals surface area (Å²) in [7, 11) is 0. The van der Waals surface area contributed by atoms with Gasteiger partial charge in [0.2, 0.25) is 0 Å². The first-order chi connectivity index (χ1) is 10.3. The summed E-state index contributed by atoms with van der Waals surface area (Å²) < 4.78 is 0. The SMILES string of the molecule is CC(=O)CNCCN(CCN(CCN)CC(=O)O)CC(C)=O. The molecule has 8 heteroatoms. The van der Waals surface area contributed by atoms with Crippen LogP contribution in [0.15, 0.2) is 0 Å². The van der Waals surface area contributed by atoms with E-state index in [1.807, 2.05) is 4.90 Å². The molecule has 0 spiro atoms. The van der Waals surface area contributed by atoms with Crippen LogP contribution in [0.3, 0.4) is 0 Å². The van der Waals surface area contributed by atoms with Crippen LogP contribution in [0.1, 0.15) is 13.8 Å². The van der Waals surface area contributed by atoms with Crippen molar-refractivity contribution in [2.24, 2.45) is 5.73 Å². The number of nitrogens with zero attached hydrogens (tertiary/aromatic N) is 2.